The van der Waals surface area contributed by atoms with E-state index in [1.165, 1.54) is 5.56 Å². The molecule has 2 aromatic rings. The number of hydrogen-bond acceptors (Lipinski definition) is 3. The first kappa shape index (κ1) is 19.9. The SMILES string of the molecule is Cc1cc(C(C)(C)C)ccc1-n1nccc1NC(=O)OCC(Cl)(Cl)Cl. The van der Waals surface area contributed by atoms with Gasteiger partial charge in [-0.3, -0.25) is 5.32 Å². The van der Waals surface area contributed by atoms with Crippen LogP contribution in [0.25, 0.3) is 5.69 Å². The Kier molecular flexibility index (Phi) is 5.92. The van der Waals surface area contributed by atoms with Gasteiger partial charge in [0.1, 0.15) is 12.4 Å². The molecule has 0 aliphatic carbocycles. The standard InChI is InChI=1S/C17H20Cl3N3O2/c1-11-9-12(16(2,3)4)5-6-13(11)23-14(7-8-21-23)22-15(24)25-10-17(18,19)20/h5-9H,10H2,1-4H3,(H,22,24). The van der Waals surface area contributed by atoms with E-state index in [0.717, 1.165) is 11.3 Å². The molecule has 0 fully saturated rings. The number of carbonyl (C=O) groups is 1. The molecule has 0 unspecified atom stereocenters. The quantitative estimate of drug-likeness (QED) is 0.697. The molecule has 1 N–H and O–H groups in total. The van der Waals surface area contributed by atoms with Crippen molar-refractivity contribution in [2.75, 3.05) is 11.9 Å². The average molecular weight is 405 g/mol. The van der Waals surface area contributed by atoms with Crippen LogP contribution in [0.3, 0.4) is 0 Å². The number of amides is 1. The van der Waals surface area contributed by atoms with Gasteiger partial charge in [0.2, 0.25) is 3.79 Å². The lowest BCUT2D eigenvalue weighted by Crippen LogP contribution is -2.22. The molecule has 0 aliphatic rings. The van der Waals surface area contributed by atoms with Crippen LogP contribution < -0.4 is 5.32 Å². The van der Waals surface area contributed by atoms with E-state index in [-0.39, 0.29) is 12.0 Å². The molecule has 25 heavy (non-hydrogen) atoms. The molecular weight excluding hydrogens is 385 g/mol. The number of rotatable bonds is 3. The third-order valence-corrected chi connectivity index (χ3v) is 3.86. The molecule has 2 rings (SSSR count). The predicted molar refractivity (Wildman–Crippen MR) is 102 cm³/mol. The van der Waals surface area contributed by atoms with E-state index in [1.807, 2.05) is 13.0 Å². The Morgan fingerprint density at radius 3 is 2.48 bits per heavy atom. The second-order valence-electron chi connectivity index (χ2n) is 6.70. The first-order chi connectivity index (χ1) is 11.5. The average Bonchev–Trinajstić information content (AvgIpc) is 2.91. The van der Waals surface area contributed by atoms with Crippen molar-refractivity contribution in [3.05, 3.63) is 41.6 Å². The fraction of sp³-hybridized carbons (Fsp3) is 0.412. The maximum absolute atomic E-state index is 11.9. The molecule has 1 aromatic heterocycles. The Morgan fingerprint density at radius 1 is 1.24 bits per heavy atom. The number of nitrogens with one attached hydrogen (secondary N) is 1. The van der Waals surface area contributed by atoms with Crippen LogP contribution in [0.4, 0.5) is 10.6 Å². The first-order valence-electron chi connectivity index (χ1n) is 7.63. The molecule has 8 heteroatoms. The van der Waals surface area contributed by atoms with Gasteiger partial charge in [0.05, 0.1) is 11.9 Å². The number of hydrogen-bond donors (Lipinski definition) is 1. The number of nitrogens with zero attached hydrogens (tertiary/aromatic N) is 2. The molecule has 0 aliphatic heterocycles. The molecule has 0 saturated heterocycles. The summed E-state index contributed by atoms with van der Waals surface area (Å²) < 4.78 is 4.85. The maximum atomic E-state index is 11.9. The lowest BCUT2D eigenvalue weighted by molar-refractivity contribution is 0.163. The number of anilines is 1. The van der Waals surface area contributed by atoms with Crippen LogP contribution in [0.15, 0.2) is 30.5 Å². The Balaban J connectivity index is 2.20. The Hall–Kier alpha value is -1.43. The third kappa shape index (κ3) is 5.53. The van der Waals surface area contributed by atoms with Gasteiger partial charge in [-0.1, -0.05) is 67.7 Å². The van der Waals surface area contributed by atoms with Crippen molar-refractivity contribution in [3.63, 3.8) is 0 Å². The van der Waals surface area contributed by atoms with E-state index in [2.05, 4.69) is 43.3 Å². The molecule has 0 bridgehead atoms. The fourth-order valence-electron chi connectivity index (χ4n) is 2.24. The summed E-state index contributed by atoms with van der Waals surface area (Å²) >= 11 is 16.7. The van der Waals surface area contributed by atoms with Crippen LogP contribution in [-0.4, -0.2) is 26.3 Å². The highest BCUT2D eigenvalue weighted by atomic mass is 35.6. The molecule has 1 amide bonds. The van der Waals surface area contributed by atoms with Gasteiger partial charge in [-0.25, -0.2) is 9.48 Å². The summed E-state index contributed by atoms with van der Waals surface area (Å²) in [6, 6.07) is 7.80. The molecule has 0 spiro atoms. The lowest BCUT2D eigenvalue weighted by atomic mass is 9.86. The van der Waals surface area contributed by atoms with E-state index >= 15 is 0 Å². The predicted octanol–water partition coefficient (Wildman–Crippen LogP) is 5.40. The highest BCUT2D eigenvalue weighted by Crippen LogP contribution is 2.28. The molecule has 1 aromatic carbocycles. The minimum Gasteiger partial charge on any atom is -0.445 e. The normalized spacial score (nSPS) is 12.1. The summed E-state index contributed by atoms with van der Waals surface area (Å²) in [5, 5.41) is 6.87. The minimum atomic E-state index is -1.66. The van der Waals surface area contributed by atoms with Crippen molar-refractivity contribution in [1.82, 2.24) is 9.78 Å². The second kappa shape index (κ2) is 7.44. The summed E-state index contributed by atoms with van der Waals surface area (Å²) in [7, 11) is 0. The van der Waals surface area contributed by atoms with E-state index in [0.29, 0.717) is 5.82 Å². The van der Waals surface area contributed by atoms with Crippen LogP contribution >= 0.6 is 34.8 Å². The summed E-state index contributed by atoms with van der Waals surface area (Å²) in [6.45, 7) is 8.11. The number of alkyl halides is 3. The van der Waals surface area contributed by atoms with Crippen LogP contribution in [0.2, 0.25) is 0 Å². The first-order valence-corrected chi connectivity index (χ1v) is 8.77. The van der Waals surface area contributed by atoms with E-state index < -0.39 is 9.89 Å². The van der Waals surface area contributed by atoms with Gasteiger partial charge in [0.25, 0.3) is 0 Å². The van der Waals surface area contributed by atoms with Gasteiger partial charge in [-0.2, -0.15) is 5.10 Å². The largest absolute Gasteiger partial charge is 0.445 e. The molecule has 136 valence electrons. The summed E-state index contributed by atoms with van der Waals surface area (Å²) in [5.74, 6) is 0.459. The van der Waals surface area contributed by atoms with Crippen LogP contribution in [0, 0.1) is 6.92 Å². The Bertz CT molecular complexity index is 761. The molecular formula is C17H20Cl3N3O2. The van der Waals surface area contributed by atoms with Crippen molar-refractivity contribution in [3.8, 4) is 5.69 Å². The van der Waals surface area contributed by atoms with Crippen molar-refractivity contribution in [2.24, 2.45) is 0 Å². The molecule has 0 atom stereocenters. The zero-order valence-corrected chi connectivity index (χ0v) is 16.7. The maximum Gasteiger partial charge on any atom is 0.412 e. The zero-order chi connectivity index (χ0) is 18.8. The highest BCUT2D eigenvalue weighted by Gasteiger charge is 2.23. The van der Waals surface area contributed by atoms with Crippen LogP contribution in [0.1, 0.15) is 31.9 Å². The molecule has 1 heterocycles. The summed E-state index contributed by atoms with van der Waals surface area (Å²) in [4.78, 5) is 11.9. The Morgan fingerprint density at radius 2 is 1.92 bits per heavy atom. The topological polar surface area (TPSA) is 56.2 Å². The number of benzene rings is 1. The van der Waals surface area contributed by atoms with Crippen molar-refractivity contribution in [1.29, 1.82) is 0 Å². The summed E-state index contributed by atoms with van der Waals surface area (Å²) in [5.41, 5.74) is 3.16. The Labute approximate surface area is 162 Å². The fourth-order valence-corrected chi connectivity index (χ4v) is 2.40. The number of halogens is 3. The highest BCUT2D eigenvalue weighted by molar-refractivity contribution is 6.67. The van der Waals surface area contributed by atoms with Gasteiger partial charge >= 0.3 is 6.09 Å². The number of aryl methyl sites for hydroxylation is 1. The van der Waals surface area contributed by atoms with Gasteiger partial charge in [-0.15, -0.1) is 0 Å². The van der Waals surface area contributed by atoms with E-state index in [9.17, 15) is 4.79 Å². The second-order valence-corrected chi connectivity index (χ2v) is 9.21. The van der Waals surface area contributed by atoms with Gasteiger partial charge in [0.15, 0.2) is 0 Å². The molecule has 0 radical (unpaired) electrons. The smallest absolute Gasteiger partial charge is 0.412 e. The lowest BCUT2D eigenvalue weighted by Gasteiger charge is -2.21. The molecule has 5 nitrogen and oxygen atoms in total. The number of carbonyl (C=O) groups excluding carboxylic acids is 1. The number of aromatic nitrogens is 2. The van der Waals surface area contributed by atoms with Crippen molar-refractivity contribution >= 4 is 46.7 Å². The summed E-state index contributed by atoms with van der Waals surface area (Å²) in [6.07, 6.45) is 0.860. The van der Waals surface area contributed by atoms with E-state index in [4.69, 9.17) is 39.5 Å². The van der Waals surface area contributed by atoms with Crippen molar-refractivity contribution < 1.29 is 9.53 Å². The van der Waals surface area contributed by atoms with Crippen molar-refractivity contribution in [2.45, 2.75) is 36.9 Å². The van der Waals surface area contributed by atoms with Gasteiger partial charge in [0, 0.05) is 6.07 Å². The van der Waals surface area contributed by atoms with Crippen LogP contribution in [0.5, 0.6) is 0 Å². The van der Waals surface area contributed by atoms with E-state index in [1.54, 1.807) is 16.9 Å². The molecule has 0 saturated carbocycles. The van der Waals surface area contributed by atoms with Gasteiger partial charge in [-0.05, 0) is 29.5 Å². The third-order valence-electron chi connectivity index (χ3n) is 3.53. The van der Waals surface area contributed by atoms with Gasteiger partial charge < -0.3 is 4.74 Å². The zero-order valence-electron chi connectivity index (χ0n) is 14.4. The number of ether oxygens (including phenoxy) is 1. The monoisotopic (exact) mass is 403 g/mol. The van der Waals surface area contributed by atoms with Crippen LogP contribution in [-0.2, 0) is 10.2 Å². The minimum absolute atomic E-state index is 0.0511.